The Morgan fingerprint density at radius 2 is 1.56 bits per heavy atom. The smallest absolute Gasteiger partial charge is 0.274 e. The Kier molecular flexibility index (Phi) is 5.26. The van der Waals surface area contributed by atoms with Gasteiger partial charge in [-0.05, 0) is 29.8 Å². The van der Waals surface area contributed by atoms with Crippen LogP contribution in [0.15, 0.2) is 83.8 Å². The Labute approximate surface area is 145 Å². The van der Waals surface area contributed by atoms with Crippen molar-refractivity contribution in [1.82, 2.24) is 4.57 Å². The van der Waals surface area contributed by atoms with Crippen molar-refractivity contribution >= 4 is 17.3 Å². The second kappa shape index (κ2) is 7.97. The van der Waals surface area contributed by atoms with Crippen LogP contribution in [0.25, 0.3) is 0 Å². The van der Waals surface area contributed by atoms with E-state index in [4.69, 9.17) is 0 Å². The molecular weight excluding hydrogens is 314 g/mol. The summed E-state index contributed by atoms with van der Waals surface area (Å²) < 4.78 is 1.39. The van der Waals surface area contributed by atoms with Crippen LogP contribution in [-0.4, -0.2) is 10.5 Å². The predicted molar refractivity (Wildman–Crippen MR) is 99.5 cm³/mol. The van der Waals surface area contributed by atoms with E-state index in [9.17, 15) is 9.59 Å². The predicted octanol–water partition coefficient (Wildman–Crippen LogP) is 3.10. The van der Waals surface area contributed by atoms with Crippen LogP contribution in [0.3, 0.4) is 0 Å². The average Bonchev–Trinajstić information content (AvgIpc) is 2.64. The first-order valence-electron chi connectivity index (χ1n) is 8.04. The van der Waals surface area contributed by atoms with Crippen LogP contribution in [0.1, 0.15) is 5.56 Å². The minimum Gasteiger partial charge on any atom is -0.377 e. The number of amides is 1. The maximum Gasteiger partial charge on any atom is 0.274 e. The Balaban J connectivity index is 1.66. The van der Waals surface area contributed by atoms with E-state index >= 15 is 0 Å². The van der Waals surface area contributed by atoms with Crippen molar-refractivity contribution in [3.8, 4) is 0 Å². The Bertz CT molecular complexity index is 890. The van der Waals surface area contributed by atoms with Crippen LogP contribution in [0.5, 0.6) is 0 Å². The highest BCUT2D eigenvalue weighted by atomic mass is 16.2. The van der Waals surface area contributed by atoms with Gasteiger partial charge < -0.3 is 15.2 Å². The molecule has 1 aromatic heterocycles. The first-order valence-corrected chi connectivity index (χ1v) is 8.04. The van der Waals surface area contributed by atoms with Crippen molar-refractivity contribution in [2.75, 3.05) is 10.6 Å². The van der Waals surface area contributed by atoms with Gasteiger partial charge in [0.25, 0.3) is 5.56 Å². The van der Waals surface area contributed by atoms with Gasteiger partial charge in [0.1, 0.15) is 12.2 Å². The van der Waals surface area contributed by atoms with Crippen molar-refractivity contribution in [3.05, 3.63) is 94.9 Å². The van der Waals surface area contributed by atoms with Gasteiger partial charge in [0.2, 0.25) is 5.91 Å². The van der Waals surface area contributed by atoms with E-state index < -0.39 is 0 Å². The molecule has 5 heteroatoms. The third-order valence-electron chi connectivity index (χ3n) is 3.72. The third-order valence-corrected chi connectivity index (χ3v) is 3.72. The van der Waals surface area contributed by atoms with E-state index in [1.807, 2.05) is 48.5 Å². The monoisotopic (exact) mass is 333 g/mol. The molecule has 0 aliphatic heterocycles. The number of nitrogens with one attached hydrogen (secondary N) is 2. The highest BCUT2D eigenvalue weighted by Crippen LogP contribution is 2.06. The van der Waals surface area contributed by atoms with E-state index in [2.05, 4.69) is 10.6 Å². The van der Waals surface area contributed by atoms with E-state index in [-0.39, 0.29) is 18.0 Å². The molecule has 0 bridgehead atoms. The van der Waals surface area contributed by atoms with Crippen LogP contribution < -0.4 is 16.2 Å². The minimum absolute atomic E-state index is 0.0332. The van der Waals surface area contributed by atoms with Crippen molar-refractivity contribution < 1.29 is 4.79 Å². The molecule has 2 aromatic carbocycles. The van der Waals surface area contributed by atoms with Gasteiger partial charge in [-0.15, -0.1) is 0 Å². The molecule has 0 spiro atoms. The summed E-state index contributed by atoms with van der Waals surface area (Å²) in [5.74, 6) is -0.242. The number of para-hydroxylation sites is 1. The van der Waals surface area contributed by atoms with Crippen LogP contribution in [0.2, 0.25) is 0 Å². The number of carbonyl (C=O) groups excluding carboxylic acids is 1. The molecule has 0 fully saturated rings. The second-order valence-electron chi connectivity index (χ2n) is 5.61. The first kappa shape index (κ1) is 16.5. The summed E-state index contributed by atoms with van der Waals surface area (Å²) in [4.78, 5) is 24.6. The van der Waals surface area contributed by atoms with Gasteiger partial charge in [0.15, 0.2) is 0 Å². The molecule has 5 nitrogen and oxygen atoms in total. The van der Waals surface area contributed by atoms with Crippen molar-refractivity contribution in [2.45, 2.75) is 13.1 Å². The molecule has 2 N–H and O–H groups in total. The lowest BCUT2D eigenvalue weighted by Gasteiger charge is -2.10. The molecule has 126 valence electrons. The van der Waals surface area contributed by atoms with Crippen LogP contribution in [-0.2, 0) is 17.9 Å². The van der Waals surface area contributed by atoms with Gasteiger partial charge in [-0.3, -0.25) is 9.59 Å². The molecule has 0 saturated carbocycles. The number of benzene rings is 2. The van der Waals surface area contributed by atoms with E-state index in [0.717, 1.165) is 5.56 Å². The average molecular weight is 333 g/mol. The number of hydrogen-bond donors (Lipinski definition) is 2. The molecule has 3 aromatic rings. The summed E-state index contributed by atoms with van der Waals surface area (Å²) in [7, 11) is 0. The molecule has 25 heavy (non-hydrogen) atoms. The van der Waals surface area contributed by atoms with Crippen LogP contribution in [0, 0.1) is 0 Å². The standard InChI is InChI=1S/C20H19N3O2/c24-19(22-17-10-5-2-6-11-17)15-23-13-7-12-18(20(23)25)21-14-16-8-3-1-4-9-16/h1-13,21H,14-15H2,(H,22,24). The Morgan fingerprint density at radius 3 is 2.28 bits per heavy atom. The number of pyridine rings is 1. The second-order valence-corrected chi connectivity index (χ2v) is 5.61. The number of aromatic nitrogens is 1. The number of nitrogens with zero attached hydrogens (tertiary/aromatic N) is 1. The van der Waals surface area contributed by atoms with E-state index in [0.29, 0.717) is 17.9 Å². The van der Waals surface area contributed by atoms with Crippen LogP contribution >= 0.6 is 0 Å². The fraction of sp³-hybridized carbons (Fsp3) is 0.100. The molecule has 3 rings (SSSR count). The van der Waals surface area contributed by atoms with Crippen LogP contribution in [0.4, 0.5) is 11.4 Å². The third kappa shape index (κ3) is 4.57. The van der Waals surface area contributed by atoms with E-state index in [1.165, 1.54) is 4.57 Å². The number of anilines is 2. The first-order chi connectivity index (χ1) is 12.2. The molecular formula is C20H19N3O2. The largest absolute Gasteiger partial charge is 0.377 e. The van der Waals surface area contributed by atoms with Crippen molar-refractivity contribution in [1.29, 1.82) is 0 Å². The molecule has 0 radical (unpaired) electrons. The minimum atomic E-state index is -0.242. The van der Waals surface area contributed by atoms with Gasteiger partial charge in [0.05, 0.1) is 0 Å². The molecule has 0 saturated heterocycles. The van der Waals surface area contributed by atoms with Gasteiger partial charge in [0, 0.05) is 18.4 Å². The molecule has 0 aliphatic carbocycles. The zero-order valence-electron chi connectivity index (χ0n) is 13.7. The highest BCUT2D eigenvalue weighted by molar-refractivity contribution is 5.90. The molecule has 1 amide bonds. The lowest BCUT2D eigenvalue weighted by atomic mass is 10.2. The highest BCUT2D eigenvalue weighted by Gasteiger charge is 2.07. The normalized spacial score (nSPS) is 10.2. The van der Waals surface area contributed by atoms with Gasteiger partial charge in [-0.2, -0.15) is 0 Å². The maximum atomic E-state index is 12.5. The summed E-state index contributed by atoms with van der Waals surface area (Å²) in [6.07, 6.45) is 1.61. The van der Waals surface area contributed by atoms with Crippen molar-refractivity contribution in [2.24, 2.45) is 0 Å². The summed E-state index contributed by atoms with van der Waals surface area (Å²) in [5.41, 5.74) is 2.04. The zero-order valence-corrected chi connectivity index (χ0v) is 13.7. The number of rotatable bonds is 6. The molecule has 0 aliphatic rings. The Hall–Kier alpha value is -3.34. The quantitative estimate of drug-likeness (QED) is 0.728. The van der Waals surface area contributed by atoms with Gasteiger partial charge in [-0.25, -0.2) is 0 Å². The summed E-state index contributed by atoms with van der Waals surface area (Å²) in [5, 5.41) is 5.90. The van der Waals surface area contributed by atoms with Gasteiger partial charge in [-0.1, -0.05) is 48.5 Å². The van der Waals surface area contributed by atoms with Crippen molar-refractivity contribution in [3.63, 3.8) is 0 Å². The summed E-state index contributed by atoms with van der Waals surface area (Å²) in [6.45, 7) is 0.519. The molecule has 1 heterocycles. The lowest BCUT2D eigenvalue weighted by Crippen LogP contribution is -2.28. The summed E-state index contributed by atoms with van der Waals surface area (Å²) in [6, 6.07) is 22.5. The zero-order chi connectivity index (χ0) is 17.5. The topological polar surface area (TPSA) is 63.1 Å². The maximum absolute atomic E-state index is 12.5. The fourth-order valence-corrected chi connectivity index (χ4v) is 2.47. The Morgan fingerprint density at radius 1 is 0.880 bits per heavy atom. The SMILES string of the molecule is O=C(Cn1cccc(NCc2ccccc2)c1=O)Nc1ccccc1. The summed E-state index contributed by atoms with van der Waals surface area (Å²) >= 11 is 0. The molecule has 0 atom stereocenters. The number of carbonyl (C=O) groups is 1. The van der Waals surface area contributed by atoms with E-state index in [1.54, 1.807) is 30.5 Å². The molecule has 0 unspecified atom stereocenters. The lowest BCUT2D eigenvalue weighted by molar-refractivity contribution is -0.116. The van der Waals surface area contributed by atoms with Gasteiger partial charge >= 0.3 is 0 Å². The number of hydrogen-bond acceptors (Lipinski definition) is 3. The fourth-order valence-electron chi connectivity index (χ4n) is 2.47.